The lowest BCUT2D eigenvalue weighted by Crippen LogP contribution is -2.13. The first-order valence-electron chi connectivity index (χ1n) is 6.55. The van der Waals surface area contributed by atoms with E-state index < -0.39 is 9.84 Å². The van der Waals surface area contributed by atoms with Crippen molar-refractivity contribution >= 4 is 21.4 Å². The van der Waals surface area contributed by atoms with E-state index in [0.29, 0.717) is 18.1 Å². The molecule has 0 aliphatic heterocycles. The van der Waals surface area contributed by atoms with Gasteiger partial charge in [-0.3, -0.25) is 0 Å². The van der Waals surface area contributed by atoms with Crippen molar-refractivity contribution in [1.29, 1.82) is 0 Å². The number of hydrogen-bond donors (Lipinski definition) is 1. The summed E-state index contributed by atoms with van der Waals surface area (Å²) in [5.41, 5.74) is 2.63. The maximum absolute atomic E-state index is 11.9. The van der Waals surface area contributed by atoms with E-state index in [-0.39, 0.29) is 10.6 Å². The quantitative estimate of drug-likeness (QED) is 0.882. The minimum absolute atomic E-state index is 0.0556. The molecule has 21 heavy (non-hydrogen) atoms. The Bertz CT molecular complexity index is 726. The largest absolute Gasteiger partial charge is 0.364 e. The van der Waals surface area contributed by atoms with Crippen molar-refractivity contribution in [3.63, 3.8) is 0 Å². The standard InChI is InChI=1S/C14H17ClN2O3S/c1-3-21(18,19)14-5-11(4-13(15)6-14)7-16-8-12-9-20-17-10(12)2/h4-6,9,16H,3,7-8H2,1-2H3. The Hall–Kier alpha value is -1.37. The third-order valence-corrected chi connectivity index (χ3v) is 5.10. The molecule has 114 valence electrons. The fourth-order valence-corrected chi connectivity index (χ4v) is 3.19. The summed E-state index contributed by atoms with van der Waals surface area (Å²) in [6.45, 7) is 4.59. The lowest BCUT2D eigenvalue weighted by Gasteiger charge is -2.08. The molecule has 0 spiro atoms. The minimum Gasteiger partial charge on any atom is -0.364 e. The number of rotatable bonds is 6. The summed E-state index contributed by atoms with van der Waals surface area (Å²) in [6.07, 6.45) is 1.59. The zero-order valence-corrected chi connectivity index (χ0v) is 13.5. The Labute approximate surface area is 129 Å². The number of aryl methyl sites for hydroxylation is 1. The fourth-order valence-electron chi connectivity index (χ4n) is 1.89. The van der Waals surface area contributed by atoms with E-state index in [2.05, 4.69) is 10.5 Å². The van der Waals surface area contributed by atoms with Crippen LogP contribution in [0.2, 0.25) is 5.02 Å². The van der Waals surface area contributed by atoms with Gasteiger partial charge >= 0.3 is 0 Å². The van der Waals surface area contributed by atoms with Crippen molar-refractivity contribution in [2.75, 3.05) is 5.75 Å². The molecule has 7 heteroatoms. The molecule has 2 rings (SSSR count). The highest BCUT2D eigenvalue weighted by molar-refractivity contribution is 7.91. The second kappa shape index (κ2) is 6.60. The van der Waals surface area contributed by atoms with Gasteiger partial charge in [0.05, 0.1) is 16.3 Å². The smallest absolute Gasteiger partial charge is 0.178 e. The van der Waals surface area contributed by atoms with Crippen LogP contribution >= 0.6 is 11.6 Å². The Kier molecular flexibility index (Phi) is 5.03. The predicted octanol–water partition coefficient (Wildman–Crippen LogP) is 2.72. The zero-order valence-electron chi connectivity index (χ0n) is 11.9. The number of benzene rings is 1. The van der Waals surface area contributed by atoms with Crippen molar-refractivity contribution < 1.29 is 12.9 Å². The van der Waals surface area contributed by atoms with Crippen LogP contribution in [0.5, 0.6) is 0 Å². The fraction of sp³-hybridized carbons (Fsp3) is 0.357. The summed E-state index contributed by atoms with van der Waals surface area (Å²) in [7, 11) is -3.26. The Morgan fingerprint density at radius 1 is 1.29 bits per heavy atom. The highest BCUT2D eigenvalue weighted by Gasteiger charge is 2.13. The molecule has 0 saturated heterocycles. The van der Waals surface area contributed by atoms with Crippen molar-refractivity contribution in [2.45, 2.75) is 31.8 Å². The van der Waals surface area contributed by atoms with Crippen LogP contribution < -0.4 is 5.32 Å². The van der Waals surface area contributed by atoms with E-state index in [1.54, 1.807) is 25.3 Å². The molecule has 1 aromatic carbocycles. The molecule has 1 aromatic heterocycles. The maximum Gasteiger partial charge on any atom is 0.178 e. The lowest BCUT2D eigenvalue weighted by molar-refractivity contribution is 0.414. The number of nitrogens with one attached hydrogen (secondary N) is 1. The summed E-state index contributed by atoms with van der Waals surface area (Å²) >= 11 is 6.00. The summed E-state index contributed by atoms with van der Waals surface area (Å²) in [5.74, 6) is 0.0556. The Morgan fingerprint density at radius 2 is 2.05 bits per heavy atom. The van der Waals surface area contributed by atoms with Gasteiger partial charge in [0, 0.05) is 23.7 Å². The molecular formula is C14H17ClN2O3S. The van der Waals surface area contributed by atoms with Crippen LogP contribution in [0.4, 0.5) is 0 Å². The van der Waals surface area contributed by atoms with Crippen molar-refractivity contribution in [3.05, 3.63) is 46.3 Å². The average Bonchev–Trinajstić information content (AvgIpc) is 2.84. The first kappa shape index (κ1) is 16.0. The highest BCUT2D eigenvalue weighted by Crippen LogP contribution is 2.20. The number of sulfone groups is 1. The summed E-state index contributed by atoms with van der Waals surface area (Å²) < 4.78 is 28.7. The summed E-state index contributed by atoms with van der Waals surface area (Å²) in [6, 6.07) is 4.88. The molecule has 0 saturated carbocycles. The van der Waals surface area contributed by atoms with E-state index in [0.717, 1.165) is 16.8 Å². The third kappa shape index (κ3) is 4.06. The zero-order chi connectivity index (χ0) is 15.5. The van der Waals surface area contributed by atoms with Crippen LogP contribution in [0, 0.1) is 6.92 Å². The third-order valence-electron chi connectivity index (χ3n) is 3.16. The molecule has 0 atom stereocenters. The van der Waals surface area contributed by atoms with Crippen molar-refractivity contribution in [1.82, 2.24) is 10.5 Å². The number of halogens is 1. The average molecular weight is 329 g/mol. The molecule has 0 aliphatic carbocycles. The van der Waals surface area contributed by atoms with E-state index in [9.17, 15) is 8.42 Å². The van der Waals surface area contributed by atoms with E-state index in [1.165, 1.54) is 6.07 Å². The van der Waals surface area contributed by atoms with Crippen molar-refractivity contribution in [2.24, 2.45) is 0 Å². The molecule has 0 radical (unpaired) electrons. The van der Waals surface area contributed by atoms with Crippen LogP contribution in [-0.4, -0.2) is 19.3 Å². The van der Waals surface area contributed by atoms with E-state index in [1.807, 2.05) is 6.92 Å². The molecule has 0 unspecified atom stereocenters. The van der Waals surface area contributed by atoms with Gasteiger partial charge in [0.25, 0.3) is 0 Å². The monoisotopic (exact) mass is 328 g/mol. The van der Waals surface area contributed by atoms with Gasteiger partial charge < -0.3 is 9.84 Å². The topological polar surface area (TPSA) is 72.2 Å². The lowest BCUT2D eigenvalue weighted by atomic mass is 10.2. The van der Waals surface area contributed by atoms with E-state index >= 15 is 0 Å². The van der Waals surface area contributed by atoms with Gasteiger partial charge in [0.2, 0.25) is 0 Å². The summed E-state index contributed by atoms with van der Waals surface area (Å²) in [4.78, 5) is 0.260. The van der Waals surface area contributed by atoms with E-state index in [4.69, 9.17) is 16.1 Å². The van der Waals surface area contributed by atoms with Gasteiger partial charge in [-0.2, -0.15) is 0 Å². The molecular weight excluding hydrogens is 312 g/mol. The molecule has 1 heterocycles. The van der Waals surface area contributed by atoms with Gasteiger partial charge in [-0.1, -0.05) is 23.7 Å². The summed E-state index contributed by atoms with van der Waals surface area (Å²) in [5, 5.41) is 7.43. The van der Waals surface area contributed by atoms with Crippen LogP contribution in [0.25, 0.3) is 0 Å². The van der Waals surface area contributed by atoms with Gasteiger partial charge in [-0.25, -0.2) is 8.42 Å². The van der Waals surface area contributed by atoms with Gasteiger partial charge in [-0.15, -0.1) is 0 Å². The first-order valence-corrected chi connectivity index (χ1v) is 8.58. The van der Waals surface area contributed by atoms with Crippen LogP contribution in [0.1, 0.15) is 23.7 Å². The van der Waals surface area contributed by atoms with Crippen LogP contribution in [0.3, 0.4) is 0 Å². The van der Waals surface area contributed by atoms with Crippen LogP contribution in [-0.2, 0) is 22.9 Å². The molecule has 0 fully saturated rings. The SMILES string of the molecule is CCS(=O)(=O)c1cc(Cl)cc(CNCc2conc2C)c1. The molecule has 2 aromatic rings. The number of nitrogens with zero attached hydrogens (tertiary/aromatic N) is 1. The molecule has 0 bridgehead atoms. The molecule has 0 amide bonds. The van der Waals surface area contributed by atoms with Crippen LogP contribution in [0.15, 0.2) is 33.9 Å². The van der Waals surface area contributed by atoms with Crippen molar-refractivity contribution in [3.8, 4) is 0 Å². The molecule has 0 aliphatic rings. The second-order valence-electron chi connectivity index (χ2n) is 4.73. The van der Waals surface area contributed by atoms with Gasteiger partial charge in [0.15, 0.2) is 9.84 Å². The second-order valence-corrected chi connectivity index (χ2v) is 7.44. The minimum atomic E-state index is -3.26. The number of hydrogen-bond acceptors (Lipinski definition) is 5. The Morgan fingerprint density at radius 3 is 2.67 bits per heavy atom. The van der Waals surface area contributed by atoms with Gasteiger partial charge in [-0.05, 0) is 30.7 Å². The Balaban J connectivity index is 2.09. The predicted molar refractivity (Wildman–Crippen MR) is 81.0 cm³/mol. The van der Waals surface area contributed by atoms with Gasteiger partial charge in [0.1, 0.15) is 6.26 Å². The highest BCUT2D eigenvalue weighted by atomic mass is 35.5. The first-order chi connectivity index (χ1) is 9.92. The number of aromatic nitrogens is 1. The normalized spacial score (nSPS) is 11.8. The molecule has 5 nitrogen and oxygen atoms in total. The molecule has 1 N–H and O–H groups in total. The maximum atomic E-state index is 11.9.